The van der Waals surface area contributed by atoms with Gasteiger partial charge in [0.1, 0.15) is 6.61 Å². The molecule has 1 aliphatic rings. The number of Topliss-reactive ketones (excluding diaryl/α,β-unsaturated/α-hetero) is 1. The first kappa shape index (κ1) is 25.2. The maximum Gasteiger partial charge on any atom is 0.333 e. The van der Waals surface area contributed by atoms with Crippen molar-refractivity contribution >= 4 is 46.1 Å². The number of aromatic nitrogens is 1. The molecular formula is C26H25ClN4O5. The molecule has 186 valence electrons. The summed E-state index contributed by atoms with van der Waals surface area (Å²) in [7, 11) is 3.80. The molecule has 0 aliphatic carbocycles. The van der Waals surface area contributed by atoms with Crippen molar-refractivity contribution in [3.05, 3.63) is 82.1 Å². The van der Waals surface area contributed by atoms with Gasteiger partial charge in [-0.2, -0.15) is 0 Å². The van der Waals surface area contributed by atoms with E-state index >= 15 is 0 Å². The lowest BCUT2D eigenvalue weighted by atomic mass is 10.0. The number of likely N-dealkylation sites (N-methyl/N-ethyl adjacent to an activating group) is 1. The summed E-state index contributed by atoms with van der Waals surface area (Å²) in [5.41, 5.74) is 2.12. The first-order chi connectivity index (χ1) is 17.2. The molecule has 9 nitrogen and oxygen atoms in total. The Hall–Kier alpha value is -3.95. The molecule has 0 bridgehead atoms. The molecule has 4 rings (SSSR count). The monoisotopic (exact) mass is 508 g/mol. The van der Waals surface area contributed by atoms with Crippen LogP contribution in [0.5, 0.6) is 0 Å². The number of ketones is 1. The van der Waals surface area contributed by atoms with Gasteiger partial charge in [-0.1, -0.05) is 29.8 Å². The molecule has 1 aromatic heterocycles. The van der Waals surface area contributed by atoms with Crippen LogP contribution in [0.4, 0.5) is 0 Å². The van der Waals surface area contributed by atoms with Crippen LogP contribution in [0, 0.1) is 0 Å². The van der Waals surface area contributed by atoms with E-state index in [4.69, 9.17) is 16.3 Å². The van der Waals surface area contributed by atoms with Crippen molar-refractivity contribution in [2.24, 2.45) is 0 Å². The van der Waals surface area contributed by atoms with Crippen molar-refractivity contribution in [2.45, 2.75) is 6.54 Å². The highest BCUT2D eigenvalue weighted by molar-refractivity contribution is 6.45. The van der Waals surface area contributed by atoms with Crippen LogP contribution in [-0.4, -0.2) is 66.8 Å². The maximum absolute atomic E-state index is 13.3. The van der Waals surface area contributed by atoms with Gasteiger partial charge in [0, 0.05) is 53.4 Å². The lowest BCUT2D eigenvalue weighted by Gasteiger charge is -2.12. The van der Waals surface area contributed by atoms with Crippen molar-refractivity contribution in [3.63, 3.8) is 0 Å². The lowest BCUT2D eigenvalue weighted by molar-refractivity contribution is -0.135. The number of benzene rings is 2. The van der Waals surface area contributed by atoms with E-state index in [0.29, 0.717) is 35.6 Å². The smallest absolute Gasteiger partial charge is 0.333 e. The van der Waals surface area contributed by atoms with Crippen LogP contribution in [0.15, 0.2) is 60.4 Å². The van der Waals surface area contributed by atoms with Crippen molar-refractivity contribution < 1.29 is 23.9 Å². The molecule has 0 unspecified atom stereocenters. The molecule has 0 saturated heterocycles. The average Bonchev–Trinajstić information content (AvgIpc) is 3.42. The number of ether oxygens (including phenoxy) is 1. The Morgan fingerprint density at radius 2 is 1.83 bits per heavy atom. The van der Waals surface area contributed by atoms with Crippen LogP contribution < -0.4 is 10.6 Å². The van der Waals surface area contributed by atoms with Crippen LogP contribution in [0.1, 0.15) is 26.3 Å². The fourth-order valence-electron chi connectivity index (χ4n) is 3.89. The minimum absolute atomic E-state index is 0.0839. The largest absolute Gasteiger partial charge is 0.456 e. The van der Waals surface area contributed by atoms with E-state index in [0.717, 1.165) is 11.6 Å². The molecule has 1 aliphatic heterocycles. The molecule has 2 amide bonds. The standard InChI is InChI=1S/C26H25ClN4O5/c1-30(2)11-10-28-25(34)19-4-3-5-21-23(19)20(14-31(21)13-16-6-8-17(27)9-7-16)24(33)26(35)29-18-12-22(32)36-15-18/h3-9,12,14H,10-11,13,15H2,1-2H3,(H,28,34)(H,29,35). The molecule has 3 aromatic rings. The number of fused-ring (bicyclic) bond motifs is 1. The van der Waals surface area contributed by atoms with Crippen LogP contribution in [0.3, 0.4) is 0 Å². The highest BCUT2D eigenvalue weighted by Crippen LogP contribution is 2.27. The Morgan fingerprint density at radius 3 is 2.50 bits per heavy atom. The molecule has 2 heterocycles. The van der Waals surface area contributed by atoms with Crippen molar-refractivity contribution in [1.29, 1.82) is 0 Å². The van der Waals surface area contributed by atoms with E-state index < -0.39 is 17.7 Å². The number of amides is 2. The Bertz CT molecular complexity index is 1370. The van der Waals surface area contributed by atoms with E-state index in [-0.39, 0.29) is 29.3 Å². The molecule has 0 atom stereocenters. The Balaban J connectivity index is 1.73. The molecule has 2 N–H and O–H groups in total. The van der Waals surface area contributed by atoms with Gasteiger partial charge < -0.3 is 24.8 Å². The Morgan fingerprint density at radius 1 is 1.08 bits per heavy atom. The second-order valence-corrected chi connectivity index (χ2v) is 9.05. The zero-order valence-corrected chi connectivity index (χ0v) is 20.6. The van der Waals surface area contributed by atoms with Crippen LogP contribution in [0.25, 0.3) is 10.9 Å². The SMILES string of the molecule is CN(C)CCNC(=O)c1cccc2c1c(C(=O)C(=O)NC1=CC(=O)OC1)cn2Cc1ccc(Cl)cc1. The van der Waals surface area contributed by atoms with Gasteiger partial charge in [0.05, 0.1) is 11.3 Å². The van der Waals surface area contributed by atoms with Crippen LogP contribution in [-0.2, 0) is 20.9 Å². The van der Waals surface area contributed by atoms with E-state index in [1.807, 2.05) is 35.7 Å². The lowest BCUT2D eigenvalue weighted by Crippen LogP contribution is -2.32. The summed E-state index contributed by atoms with van der Waals surface area (Å²) in [6.07, 6.45) is 2.70. The van der Waals surface area contributed by atoms with Gasteiger partial charge in [0.2, 0.25) is 0 Å². The zero-order chi connectivity index (χ0) is 25.8. The van der Waals surface area contributed by atoms with Gasteiger partial charge >= 0.3 is 5.97 Å². The number of hydrogen-bond donors (Lipinski definition) is 2. The van der Waals surface area contributed by atoms with Gasteiger partial charge in [-0.25, -0.2) is 4.79 Å². The van der Waals surface area contributed by atoms with Gasteiger partial charge in [-0.3, -0.25) is 14.4 Å². The van der Waals surface area contributed by atoms with Gasteiger partial charge in [-0.05, 0) is 43.9 Å². The summed E-state index contributed by atoms with van der Waals surface area (Å²) in [6.45, 7) is 1.33. The average molecular weight is 509 g/mol. The number of esters is 1. The fourth-order valence-corrected chi connectivity index (χ4v) is 4.02. The van der Waals surface area contributed by atoms with Crippen molar-refractivity contribution in [1.82, 2.24) is 20.1 Å². The third-order valence-corrected chi connectivity index (χ3v) is 5.90. The molecular weight excluding hydrogens is 484 g/mol. The molecule has 36 heavy (non-hydrogen) atoms. The normalized spacial score (nSPS) is 13.0. The number of nitrogens with one attached hydrogen (secondary N) is 2. The third kappa shape index (κ3) is 5.64. The summed E-state index contributed by atoms with van der Waals surface area (Å²) >= 11 is 6.01. The van der Waals surface area contributed by atoms with E-state index in [1.54, 1.807) is 36.5 Å². The molecule has 0 radical (unpaired) electrons. The fraction of sp³-hybridized carbons (Fsp3) is 0.231. The molecule has 10 heteroatoms. The minimum atomic E-state index is -0.923. The third-order valence-electron chi connectivity index (χ3n) is 5.65. The number of carbonyl (C=O) groups is 4. The predicted octanol–water partition coefficient (Wildman–Crippen LogP) is 2.37. The highest BCUT2D eigenvalue weighted by Gasteiger charge is 2.27. The number of halogens is 1. The number of hydrogen-bond acceptors (Lipinski definition) is 6. The van der Waals surface area contributed by atoms with Gasteiger partial charge in [-0.15, -0.1) is 0 Å². The summed E-state index contributed by atoms with van der Waals surface area (Å²) in [5, 5.41) is 6.27. The molecule has 2 aromatic carbocycles. The molecule has 0 fully saturated rings. The first-order valence-electron chi connectivity index (χ1n) is 11.2. The highest BCUT2D eigenvalue weighted by atomic mass is 35.5. The van der Waals surface area contributed by atoms with Gasteiger partial charge in [0.25, 0.3) is 17.6 Å². The van der Waals surface area contributed by atoms with Crippen molar-refractivity contribution in [3.8, 4) is 0 Å². The Labute approximate surface area is 212 Å². The maximum atomic E-state index is 13.3. The quantitative estimate of drug-likeness (QED) is 0.261. The van der Waals surface area contributed by atoms with Crippen LogP contribution >= 0.6 is 11.6 Å². The molecule has 0 spiro atoms. The van der Waals surface area contributed by atoms with E-state index in [2.05, 4.69) is 10.6 Å². The van der Waals surface area contributed by atoms with E-state index in [1.165, 1.54) is 0 Å². The summed E-state index contributed by atoms with van der Waals surface area (Å²) in [6, 6.07) is 12.4. The van der Waals surface area contributed by atoms with Crippen molar-refractivity contribution in [2.75, 3.05) is 33.8 Å². The number of rotatable bonds is 9. The first-order valence-corrected chi connectivity index (χ1v) is 11.6. The van der Waals surface area contributed by atoms with Gasteiger partial charge in [0.15, 0.2) is 0 Å². The summed E-state index contributed by atoms with van der Waals surface area (Å²) < 4.78 is 6.59. The number of nitrogens with zero attached hydrogens (tertiary/aromatic N) is 2. The number of carbonyl (C=O) groups excluding carboxylic acids is 4. The van der Waals surface area contributed by atoms with E-state index in [9.17, 15) is 19.2 Å². The second kappa shape index (κ2) is 10.8. The minimum Gasteiger partial charge on any atom is -0.456 e. The second-order valence-electron chi connectivity index (χ2n) is 8.62. The topological polar surface area (TPSA) is 110 Å². The zero-order valence-electron chi connectivity index (χ0n) is 19.8. The number of cyclic esters (lactones) is 1. The summed E-state index contributed by atoms with van der Waals surface area (Å²) in [4.78, 5) is 52.4. The Kier molecular flexibility index (Phi) is 7.52. The summed E-state index contributed by atoms with van der Waals surface area (Å²) in [5.74, 6) is -2.69. The predicted molar refractivity (Wildman–Crippen MR) is 135 cm³/mol. The molecule has 0 saturated carbocycles. The van der Waals surface area contributed by atoms with Crippen LogP contribution in [0.2, 0.25) is 5.02 Å².